The summed E-state index contributed by atoms with van der Waals surface area (Å²) in [4.78, 5) is 23.9. The Kier molecular flexibility index (Phi) is 3.95. The molecule has 0 atom stereocenters. The number of halogens is 1. The summed E-state index contributed by atoms with van der Waals surface area (Å²) in [6, 6.07) is 7.99. The van der Waals surface area contributed by atoms with Crippen molar-refractivity contribution in [3.05, 3.63) is 35.4 Å². The van der Waals surface area contributed by atoms with Crippen molar-refractivity contribution in [3.8, 4) is 0 Å². The second kappa shape index (κ2) is 5.44. The number of ketones is 1. The van der Waals surface area contributed by atoms with Crippen LogP contribution in [-0.4, -0.2) is 21.2 Å². The maximum absolute atomic E-state index is 12.3. The van der Waals surface area contributed by atoms with Crippen LogP contribution in [0.1, 0.15) is 68.3 Å². The number of alkyl halides is 1. The molecule has 0 spiro atoms. The van der Waals surface area contributed by atoms with Crippen LogP contribution in [0.25, 0.3) is 0 Å². The molecule has 3 aliphatic rings. The van der Waals surface area contributed by atoms with Gasteiger partial charge in [0, 0.05) is 5.56 Å². The predicted octanol–water partition coefficient (Wildman–Crippen LogP) is 4.72. The Morgan fingerprint density at radius 3 is 1.87 bits per heavy atom. The molecule has 4 heteroatoms. The van der Waals surface area contributed by atoms with Gasteiger partial charge in [-0.3, -0.25) is 9.59 Å². The summed E-state index contributed by atoms with van der Waals surface area (Å²) in [5, 5.41) is 9.50. The van der Waals surface area contributed by atoms with Crippen LogP contribution >= 0.6 is 15.9 Å². The number of hydrogen-bond acceptors (Lipinski definition) is 2. The van der Waals surface area contributed by atoms with Crippen LogP contribution in [0.5, 0.6) is 0 Å². The van der Waals surface area contributed by atoms with Gasteiger partial charge in [0.1, 0.15) is 0 Å². The molecule has 0 aliphatic heterocycles. The van der Waals surface area contributed by atoms with E-state index < -0.39 is 15.7 Å². The summed E-state index contributed by atoms with van der Waals surface area (Å²) in [6.45, 7) is 3.71. The monoisotopic (exact) mass is 378 g/mol. The van der Waals surface area contributed by atoms with Gasteiger partial charge in [0.05, 0.1) is 9.74 Å². The van der Waals surface area contributed by atoms with Gasteiger partial charge in [-0.25, -0.2) is 0 Å². The number of aliphatic carboxylic acids is 1. The molecule has 3 saturated carbocycles. The third kappa shape index (κ3) is 2.75. The lowest BCUT2D eigenvalue weighted by atomic mass is 9.52. The number of hydrogen-bond donors (Lipinski definition) is 1. The summed E-state index contributed by atoms with van der Waals surface area (Å²) >= 11 is 3.42. The first-order valence-electron chi connectivity index (χ1n) is 8.26. The molecule has 1 N–H and O–H groups in total. The smallest absolute Gasteiger partial charge is 0.309 e. The zero-order valence-electron chi connectivity index (χ0n) is 13.7. The van der Waals surface area contributed by atoms with Gasteiger partial charge in [-0.15, -0.1) is 0 Å². The van der Waals surface area contributed by atoms with E-state index in [9.17, 15) is 14.7 Å². The van der Waals surface area contributed by atoms with E-state index >= 15 is 0 Å². The van der Waals surface area contributed by atoms with Crippen LogP contribution in [0.2, 0.25) is 0 Å². The third-order valence-electron chi connectivity index (χ3n) is 6.00. The van der Waals surface area contributed by atoms with Gasteiger partial charge in [0.25, 0.3) is 0 Å². The molecular formula is C19H23BrO3. The van der Waals surface area contributed by atoms with Gasteiger partial charge in [0.15, 0.2) is 5.78 Å². The lowest BCUT2D eigenvalue weighted by Crippen LogP contribution is -2.47. The Labute approximate surface area is 145 Å². The van der Waals surface area contributed by atoms with E-state index in [1.54, 1.807) is 0 Å². The maximum atomic E-state index is 12.3. The number of fused-ring (bicyclic) bond motifs is 3. The molecular weight excluding hydrogens is 356 g/mol. The highest BCUT2D eigenvalue weighted by molar-refractivity contribution is 9.10. The van der Waals surface area contributed by atoms with Crippen molar-refractivity contribution < 1.29 is 14.7 Å². The number of Topliss-reactive ketones (excluding diaryl/α,β-unsaturated/α-hetero) is 1. The molecule has 0 aromatic heterocycles. The van der Waals surface area contributed by atoms with Crippen LogP contribution in [0.4, 0.5) is 0 Å². The van der Waals surface area contributed by atoms with Crippen LogP contribution in [0.3, 0.4) is 0 Å². The molecule has 0 radical (unpaired) electrons. The first-order chi connectivity index (χ1) is 10.7. The third-order valence-corrected chi connectivity index (χ3v) is 6.36. The molecule has 0 unspecified atom stereocenters. The zero-order chi connectivity index (χ0) is 16.9. The van der Waals surface area contributed by atoms with Crippen LogP contribution in [0, 0.1) is 5.41 Å². The van der Waals surface area contributed by atoms with E-state index in [0.717, 1.165) is 44.1 Å². The Balaban J connectivity index is 1.82. The normalized spacial score (nSPS) is 30.2. The second-order valence-electron chi connectivity index (χ2n) is 7.74. The first-order valence-corrected chi connectivity index (χ1v) is 9.06. The minimum absolute atomic E-state index is 0.0822. The average molecular weight is 379 g/mol. The van der Waals surface area contributed by atoms with Crippen molar-refractivity contribution in [3.63, 3.8) is 0 Å². The SMILES string of the molecule is CC(C)(Br)C(=O)c1ccc(C23CCC(C(=O)O)(CC2)CC3)cc1. The fourth-order valence-corrected chi connectivity index (χ4v) is 4.49. The Morgan fingerprint density at radius 2 is 1.48 bits per heavy atom. The largest absolute Gasteiger partial charge is 0.481 e. The van der Waals surface area contributed by atoms with Gasteiger partial charge in [-0.05, 0) is 63.4 Å². The Hall–Kier alpha value is -1.16. The van der Waals surface area contributed by atoms with E-state index in [-0.39, 0.29) is 11.2 Å². The van der Waals surface area contributed by atoms with Crippen molar-refractivity contribution in [2.45, 2.75) is 62.1 Å². The molecule has 124 valence electrons. The number of benzene rings is 1. The Morgan fingerprint density at radius 1 is 1.00 bits per heavy atom. The highest BCUT2D eigenvalue weighted by Crippen LogP contribution is 2.57. The quantitative estimate of drug-likeness (QED) is 0.608. The summed E-state index contributed by atoms with van der Waals surface area (Å²) in [5.74, 6) is -0.537. The van der Waals surface area contributed by atoms with Crippen LogP contribution < -0.4 is 0 Å². The molecule has 1 aromatic carbocycles. The molecule has 3 aliphatic carbocycles. The van der Waals surface area contributed by atoms with Crippen molar-refractivity contribution in [2.24, 2.45) is 5.41 Å². The number of carboxylic acid groups (broad SMARTS) is 1. The van der Waals surface area contributed by atoms with E-state index in [1.165, 1.54) is 5.56 Å². The number of rotatable bonds is 4. The molecule has 1 aromatic rings. The minimum Gasteiger partial charge on any atom is -0.481 e. The van der Waals surface area contributed by atoms with E-state index in [1.807, 2.05) is 26.0 Å². The van der Waals surface area contributed by atoms with Gasteiger partial charge in [0.2, 0.25) is 0 Å². The minimum atomic E-state index is -0.619. The van der Waals surface area contributed by atoms with Gasteiger partial charge in [-0.1, -0.05) is 40.2 Å². The molecule has 23 heavy (non-hydrogen) atoms. The number of carbonyl (C=O) groups is 2. The van der Waals surface area contributed by atoms with Crippen LogP contribution in [0.15, 0.2) is 24.3 Å². The second-order valence-corrected chi connectivity index (χ2v) is 9.73. The highest BCUT2D eigenvalue weighted by Gasteiger charge is 2.53. The predicted molar refractivity (Wildman–Crippen MR) is 93.2 cm³/mol. The van der Waals surface area contributed by atoms with Crippen molar-refractivity contribution in [1.29, 1.82) is 0 Å². The molecule has 3 fully saturated rings. The highest BCUT2D eigenvalue weighted by atomic mass is 79.9. The van der Waals surface area contributed by atoms with Crippen molar-refractivity contribution in [1.82, 2.24) is 0 Å². The summed E-state index contributed by atoms with van der Waals surface area (Å²) in [6.07, 6.45) is 5.15. The standard InChI is InChI=1S/C19H23BrO3/c1-17(2,20)15(21)13-3-5-14(6-4-13)18-7-10-19(11-8-18,12-9-18)16(22)23/h3-6H,7-12H2,1-2H3,(H,22,23). The molecule has 2 bridgehead atoms. The molecule has 0 amide bonds. The summed E-state index contributed by atoms with van der Waals surface area (Å²) < 4.78 is -0.552. The first kappa shape index (κ1) is 16.7. The molecule has 4 rings (SSSR count). The fraction of sp³-hybridized carbons (Fsp3) is 0.579. The molecule has 0 heterocycles. The zero-order valence-corrected chi connectivity index (χ0v) is 15.3. The average Bonchev–Trinajstić information content (AvgIpc) is 2.55. The van der Waals surface area contributed by atoms with E-state index in [2.05, 4.69) is 28.1 Å². The Bertz CT molecular complexity index is 615. The van der Waals surface area contributed by atoms with Gasteiger partial charge in [-0.2, -0.15) is 0 Å². The van der Waals surface area contributed by atoms with Crippen LogP contribution in [-0.2, 0) is 10.2 Å². The molecule has 0 saturated heterocycles. The van der Waals surface area contributed by atoms with Crippen molar-refractivity contribution >= 4 is 27.7 Å². The fourth-order valence-electron chi connectivity index (χ4n) is 4.26. The van der Waals surface area contributed by atoms with Gasteiger partial charge >= 0.3 is 5.97 Å². The lowest BCUT2D eigenvalue weighted by Gasteiger charge is -2.51. The number of carbonyl (C=O) groups excluding carboxylic acids is 1. The van der Waals surface area contributed by atoms with E-state index in [0.29, 0.717) is 0 Å². The summed E-state index contributed by atoms with van der Waals surface area (Å²) in [5.41, 5.74) is 1.62. The molecule has 3 nitrogen and oxygen atoms in total. The number of carboxylic acids is 1. The van der Waals surface area contributed by atoms with E-state index in [4.69, 9.17) is 0 Å². The maximum Gasteiger partial charge on any atom is 0.309 e. The van der Waals surface area contributed by atoms with Crippen molar-refractivity contribution in [2.75, 3.05) is 0 Å². The topological polar surface area (TPSA) is 54.4 Å². The lowest BCUT2D eigenvalue weighted by molar-refractivity contribution is -0.156. The summed E-state index contributed by atoms with van der Waals surface area (Å²) in [7, 11) is 0. The van der Waals surface area contributed by atoms with Gasteiger partial charge < -0.3 is 5.11 Å².